The molecule has 122 valence electrons. The second-order valence-electron chi connectivity index (χ2n) is 5.85. The number of rotatable bonds is 3. The first-order chi connectivity index (χ1) is 12.2. The van der Waals surface area contributed by atoms with E-state index in [1.807, 2.05) is 78.3 Å². The van der Waals surface area contributed by atoms with Crippen molar-refractivity contribution in [2.45, 2.75) is 6.92 Å². The van der Waals surface area contributed by atoms with E-state index < -0.39 is 0 Å². The summed E-state index contributed by atoms with van der Waals surface area (Å²) in [6.45, 7) is 1.99. The number of imidazole rings is 1. The molecule has 0 aliphatic heterocycles. The number of nitrogens with zero attached hydrogens (tertiary/aromatic N) is 3. The molecule has 5 nitrogen and oxygen atoms in total. The minimum absolute atomic E-state index is 0.131. The normalized spacial score (nSPS) is 10.8. The van der Waals surface area contributed by atoms with Crippen LogP contribution in [0.1, 0.15) is 15.9 Å². The van der Waals surface area contributed by atoms with E-state index in [2.05, 4.69) is 15.3 Å². The van der Waals surface area contributed by atoms with Gasteiger partial charge in [0.15, 0.2) is 0 Å². The Labute approximate surface area is 145 Å². The minimum atomic E-state index is -0.131. The van der Waals surface area contributed by atoms with E-state index >= 15 is 0 Å². The van der Waals surface area contributed by atoms with Crippen LogP contribution in [0.3, 0.4) is 0 Å². The lowest BCUT2D eigenvalue weighted by Gasteiger charge is -2.07. The number of amides is 1. The van der Waals surface area contributed by atoms with Gasteiger partial charge in [0.2, 0.25) is 5.78 Å². The van der Waals surface area contributed by atoms with Gasteiger partial charge in [0, 0.05) is 35.4 Å². The van der Waals surface area contributed by atoms with Gasteiger partial charge in [-0.2, -0.15) is 0 Å². The highest BCUT2D eigenvalue weighted by Crippen LogP contribution is 2.22. The van der Waals surface area contributed by atoms with E-state index in [1.54, 1.807) is 6.20 Å². The molecule has 5 heteroatoms. The van der Waals surface area contributed by atoms with Crippen LogP contribution >= 0.6 is 0 Å². The topological polar surface area (TPSA) is 59.3 Å². The summed E-state index contributed by atoms with van der Waals surface area (Å²) in [6.07, 6.45) is 5.54. The summed E-state index contributed by atoms with van der Waals surface area (Å²) in [7, 11) is 0. The van der Waals surface area contributed by atoms with Gasteiger partial charge in [-0.05, 0) is 37.3 Å². The molecule has 0 saturated heterocycles. The van der Waals surface area contributed by atoms with Crippen LogP contribution in [0.25, 0.3) is 17.0 Å². The molecule has 4 aromatic rings. The summed E-state index contributed by atoms with van der Waals surface area (Å²) in [5.41, 5.74) is 4.22. The number of hydrogen-bond acceptors (Lipinski definition) is 3. The zero-order chi connectivity index (χ0) is 17.2. The van der Waals surface area contributed by atoms with Crippen molar-refractivity contribution in [3.05, 3.63) is 84.3 Å². The Morgan fingerprint density at radius 2 is 1.92 bits per heavy atom. The second kappa shape index (κ2) is 6.20. The van der Waals surface area contributed by atoms with Gasteiger partial charge in [-0.3, -0.25) is 9.20 Å². The molecule has 0 fully saturated rings. The maximum absolute atomic E-state index is 12.4. The van der Waals surface area contributed by atoms with Crippen molar-refractivity contribution in [3.8, 4) is 11.3 Å². The highest BCUT2D eigenvalue weighted by molar-refractivity contribution is 6.04. The molecule has 0 bridgehead atoms. The van der Waals surface area contributed by atoms with E-state index in [0.717, 1.165) is 22.5 Å². The molecule has 25 heavy (non-hydrogen) atoms. The van der Waals surface area contributed by atoms with E-state index in [4.69, 9.17) is 0 Å². The van der Waals surface area contributed by atoms with Gasteiger partial charge in [-0.25, -0.2) is 9.97 Å². The maximum Gasteiger partial charge on any atom is 0.255 e. The van der Waals surface area contributed by atoms with Crippen LogP contribution in [-0.4, -0.2) is 20.3 Å². The third-order valence-corrected chi connectivity index (χ3v) is 3.97. The van der Waals surface area contributed by atoms with E-state index in [-0.39, 0.29) is 5.91 Å². The number of hydrogen-bond donors (Lipinski definition) is 1. The fourth-order valence-corrected chi connectivity index (χ4v) is 2.63. The van der Waals surface area contributed by atoms with Crippen LogP contribution in [0.15, 0.2) is 73.2 Å². The Bertz CT molecular complexity index is 1020. The number of fused-ring (bicyclic) bond motifs is 1. The van der Waals surface area contributed by atoms with Gasteiger partial charge in [-0.15, -0.1) is 0 Å². The summed E-state index contributed by atoms with van der Waals surface area (Å²) in [5.74, 6) is 0.514. The van der Waals surface area contributed by atoms with Crippen LogP contribution in [0, 0.1) is 6.92 Å². The van der Waals surface area contributed by atoms with Crippen LogP contribution in [0.4, 0.5) is 5.69 Å². The highest BCUT2D eigenvalue weighted by atomic mass is 16.1. The Morgan fingerprint density at radius 3 is 2.72 bits per heavy atom. The largest absolute Gasteiger partial charge is 0.322 e. The predicted molar refractivity (Wildman–Crippen MR) is 97.6 cm³/mol. The van der Waals surface area contributed by atoms with E-state index in [9.17, 15) is 4.79 Å². The Kier molecular flexibility index (Phi) is 3.74. The van der Waals surface area contributed by atoms with Crippen LogP contribution in [-0.2, 0) is 0 Å². The molecule has 0 atom stereocenters. The fraction of sp³-hybridized carbons (Fsp3) is 0.0500. The third kappa shape index (κ3) is 3.12. The molecule has 1 amide bonds. The molecule has 1 N–H and O–H groups in total. The SMILES string of the molecule is Cc1ccc(C(=O)Nc2cccc(-c3cn4cccnc4n3)c2)cc1. The van der Waals surface area contributed by atoms with Gasteiger partial charge >= 0.3 is 0 Å². The minimum Gasteiger partial charge on any atom is -0.322 e. The molecule has 4 rings (SSSR count). The third-order valence-electron chi connectivity index (χ3n) is 3.97. The number of aryl methyl sites for hydroxylation is 1. The van der Waals surface area contributed by atoms with Crippen LogP contribution in [0.2, 0.25) is 0 Å². The zero-order valence-corrected chi connectivity index (χ0v) is 13.7. The van der Waals surface area contributed by atoms with Gasteiger partial charge < -0.3 is 5.32 Å². The molecule has 2 aromatic carbocycles. The van der Waals surface area contributed by atoms with E-state index in [1.165, 1.54) is 0 Å². The van der Waals surface area contributed by atoms with Crippen molar-refractivity contribution in [1.29, 1.82) is 0 Å². The standard InChI is InChI=1S/C20H16N4O/c1-14-6-8-15(9-7-14)19(25)22-17-5-2-4-16(12-17)18-13-24-11-3-10-21-20(24)23-18/h2-13H,1H3,(H,22,25). The van der Waals surface area contributed by atoms with Gasteiger partial charge in [0.25, 0.3) is 5.91 Å². The second-order valence-corrected chi connectivity index (χ2v) is 5.85. The van der Waals surface area contributed by atoms with Crippen molar-refractivity contribution in [1.82, 2.24) is 14.4 Å². The fourth-order valence-electron chi connectivity index (χ4n) is 2.63. The molecule has 0 unspecified atom stereocenters. The first kappa shape index (κ1) is 15.1. The van der Waals surface area contributed by atoms with E-state index in [0.29, 0.717) is 11.3 Å². The first-order valence-corrected chi connectivity index (χ1v) is 7.97. The zero-order valence-electron chi connectivity index (χ0n) is 13.7. The van der Waals surface area contributed by atoms with Crippen molar-refractivity contribution in [3.63, 3.8) is 0 Å². The first-order valence-electron chi connectivity index (χ1n) is 7.97. The summed E-state index contributed by atoms with van der Waals surface area (Å²) >= 11 is 0. The maximum atomic E-state index is 12.4. The van der Waals surface area contributed by atoms with Crippen molar-refractivity contribution < 1.29 is 4.79 Å². The monoisotopic (exact) mass is 328 g/mol. The molecule has 2 aromatic heterocycles. The Hall–Kier alpha value is -3.47. The number of carbonyl (C=O) groups excluding carboxylic acids is 1. The number of anilines is 1. The molecule has 0 saturated carbocycles. The average molecular weight is 328 g/mol. The van der Waals surface area contributed by atoms with Crippen molar-refractivity contribution in [2.75, 3.05) is 5.32 Å². The summed E-state index contributed by atoms with van der Waals surface area (Å²) in [6, 6.07) is 17.0. The summed E-state index contributed by atoms with van der Waals surface area (Å²) < 4.78 is 1.87. The smallest absolute Gasteiger partial charge is 0.255 e. The molecule has 0 spiro atoms. The Morgan fingerprint density at radius 1 is 1.08 bits per heavy atom. The predicted octanol–water partition coefficient (Wildman–Crippen LogP) is 3.96. The van der Waals surface area contributed by atoms with Crippen molar-refractivity contribution in [2.24, 2.45) is 0 Å². The lowest BCUT2D eigenvalue weighted by molar-refractivity contribution is 0.102. The number of aromatic nitrogens is 3. The molecular formula is C20H16N4O. The quantitative estimate of drug-likeness (QED) is 0.619. The number of benzene rings is 2. The Balaban J connectivity index is 1.60. The lowest BCUT2D eigenvalue weighted by atomic mass is 10.1. The van der Waals surface area contributed by atoms with Gasteiger partial charge in [0.1, 0.15) is 0 Å². The van der Waals surface area contributed by atoms with Gasteiger partial charge in [0.05, 0.1) is 5.69 Å². The number of nitrogens with one attached hydrogen (secondary N) is 1. The lowest BCUT2D eigenvalue weighted by Crippen LogP contribution is -2.11. The molecule has 0 aliphatic carbocycles. The van der Waals surface area contributed by atoms with Crippen molar-refractivity contribution >= 4 is 17.4 Å². The summed E-state index contributed by atoms with van der Waals surface area (Å²) in [4.78, 5) is 21.1. The number of carbonyl (C=O) groups is 1. The molecule has 0 aliphatic rings. The highest BCUT2D eigenvalue weighted by Gasteiger charge is 2.08. The average Bonchev–Trinajstić information content (AvgIpc) is 3.07. The molecule has 2 heterocycles. The molecular weight excluding hydrogens is 312 g/mol. The molecule has 0 radical (unpaired) electrons. The van der Waals surface area contributed by atoms with Gasteiger partial charge in [-0.1, -0.05) is 29.8 Å². The van der Waals surface area contributed by atoms with Crippen LogP contribution < -0.4 is 5.32 Å². The summed E-state index contributed by atoms with van der Waals surface area (Å²) in [5, 5.41) is 2.93. The van der Waals surface area contributed by atoms with Crippen LogP contribution in [0.5, 0.6) is 0 Å².